The van der Waals surface area contributed by atoms with Gasteiger partial charge in [0.15, 0.2) is 0 Å². The molecule has 0 spiro atoms. The van der Waals surface area contributed by atoms with E-state index in [9.17, 15) is 13.7 Å². The van der Waals surface area contributed by atoms with Crippen LogP contribution in [0.15, 0.2) is 54.6 Å². The highest BCUT2D eigenvalue weighted by Gasteiger charge is 2.31. The molecule has 0 heterocycles. The Hall–Kier alpha value is -2.36. The summed E-state index contributed by atoms with van der Waals surface area (Å²) in [4.78, 5) is 2.05. The number of sulfonamides is 1. The first-order chi connectivity index (χ1) is 14.0. The molecular weight excluding hydrogens is 382 g/mol. The van der Waals surface area contributed by atoms with Gasteiger partial charge >= 0.3 is 0 Å². The first-order valence-electron chi connectivity index (χ1n) is 10.3. The predicted octanol–water partition coefficient (Wildman–Crippen LogP) is 4.18. The molecule has 0 radical (unpaired) electrons. The molecule has 3 rings (SSSR count). The summed E-state index contributed by atoms with van der Waals surface area (Å²) in [6, 6.07) is 20.6. The molecule has 1 fully saturated rings. The molecule has 0 amide bonds. The van der Waals surface area contributed by atoms with Crippen molar-refractivity contribution >= 4 is 15.7 Å². The average molecular weight is 412 g/mol. The highest BCUT2D eigenvalue weighted by atomic mass is 32.2. The molecule has 1 saturated carbocycles. The van der Waals surface area contributed by atoms with Crippen molar-refractivity contribution in [3.63, 3.8) is 0 Å². The Morgan fingerprint density at radius 2 is 1.83 bits per heavy atom. The third kappa shape index (κ3) is 5.81. The van der Waals surface area contributed by atoms with Crippen molar-refractivity contribution in [2.24, 2.45) is 0 Å². The molecule has 0 aliphatic heterocycles. The second-order valence-corrected chi connectivity index (χ2v) is 9.55. The fourth-order valence-corrected chi connectivity index (χ4v) is 5.52. The van der Waals surface area contributed by atoms with Crippen molar-refractivity contribution in [2.75, 3.05) is 17.2 Å². The smallest absolute Gasteiger partial charge is 0.211 e. The molecule has 2 aromatic carbocycles. The molecule has 2 unspecified atom stereocenters. The van der Waals surface area contributed by atoms with E-state index in [1.54, 1.807) is 0 Å². The topological polar surface area (TPSA) is 73.2 Å². The largest absolute Gasteiger partial charge is 0.354 e. The van der Waals surface area contributed by atoms with E-state index in [0.29, 0.717) is 19.5 Å². The fourth-order valence-electron chi connectivity index (χ4n) is 4.12. The molecule has 2 atom stereocenters. The zero-order valence-corrected chi connectivity index (χ0v) is 17.7. The van der Waals surface area contributed by atoms with Gasteiger partial charge in [0.25, 0.3) is 0 Å². The van der Waals surface area contributed by atoms with E-state index in [1.807, 2.05) is 37.3 Å². The van der Waals surface area contributed by atoms with Crippen LogP contribution in [0.5, 0.6) is 0 Å². The third-order valence-electron chi connectivity index (χ3n) is 5.48. The van der Waals surface area contributed by atoms with Crippen LogP contribution in [0.4, 0.5) is 5.69 Å². The number of nitrogens with zero attached hydrogens (tertiary/aromatic N) is 2. The number of nitrogens with one attached hydrogen (secondary N) is 1. The quantitative estimate of drug-likeness (QED) is 0.628. The van der Waals surface area contributed by atoms with Crippen LogP contribution in [0.25, 0.3) is 0 Å². The van der Waals surface area contributed by atoms with Gasteiger partial charge in [-0.05, 0) is 42.5 Å². The minimum atomic E-state index is -3.21. The van der Waals surface area contributed by atoms with Gasteiger partial charge in [-0.2, -0.15) is 5.26 Å². The van der Waals surface area contributed by atoms with Crippen molar-refractivity contribution in [3.8, 4) is 6.07 Å². The number of nitriles is 1. The lowest BCUT2D eigenvalue weighted by Crippen LogP contribution is -2.37. The van der Waals surface area contributed by atoms with Crippen molar-refractivity contribution in [1.29, 1.82) is 5.26 Å². The molecule has 6 heteroatoms. The summed E-state index contributed by atoms with van der Waals surface area (Å²) >= 11 is 0. The Morgan fingerprint density at radius 1 is 1.10 bits per heavy atom. The van der Waals surface area contributed by atoms with Gasteiger partial charge < -0.3 is 4.90 Å². The molecule has 1 aliphatic rings. The summed E-state index contributed by atoms with van der Waals surface area (Å²) in [7, 11) is -3.21. The maximum absolute atomic E-state index is 12.2. The van der Waals surface area contributed by atoms with Crippen LogP contribution in [0, 0.1) is 11.3 Å². The summed E-state index contributed by atoms with van der Waals surface area (Å²) in [5.74, 6) is 0.381. The zero-order valence-electron chi connectivity index (χ0n) is 16.9. The van der Waals surface area contributed by atoms with Gasteiger partial charge in [-0.3, -0.25) is 0 Å². The van der Waals surface area contributed by atoms with Gasteiger partial charge in [-0.15, -0.1) is 0 Å². The Balaban J connectivity index is 1.73. The average Bonchev–Trinajstić information content (AvgIpc) is 3.16. The van der Waals surface area contributed by atoms with E-state index >= 15 is 0 Å². The highest BCUT2D eigenvalue weighted by molar-refractivity contribution is 7.89. The number of hydrogen-bond acceptors (Lipinski definition) is 4. The van der Waals surface area contributed by atoms with Crippen LogP contribution in [0.3, 0.4) is 0 Å². The lowest BCUT2D eigenvalue weighted by molar-refractivity contribution is 0.524. The fraction of sp³-hybridized carbons (Fsp3) is 0.435. The molecule has 5 nitrogen and oxygen atoms in total. The van der Waals surface area contributed by atoms with Crippen LogP contribution < -0.4 is 9.62 Å². The Kier molecular flexibility index (Phi) is 7.29. The number of benzene rings is 2. The lowest BCUT2D eigenvalue weighted by atomic mass is 9.94. The van der Waals surface area contributed by atoms with E-state index < -0.39 is 10.0 Å². The molecule has 154 valence electrons. The van der Waals surface area contributed by atoms with Crippen molar-refractivity contribution in [2.45, 2.75) is 51.1 Å². The number of rotatable bonds is 9. The van der Waals surface area contributed by atoms with Crippen LogP contribution in [0.2, 0.25) is 0 Å². The first-order valence-corrected chi connectivity index (χ1v) is 11.9. The molecule has 1 aliphatic carbocycles. The van der Waals surface area contributed by atoms with Gasteiger partial charge in [0.1, 0.15) is 6.54 Å². The normalized spacial score (nSPS) is 19.0. The molecule has 0 aromatic heterocycles. The van der Waals surface area contributed by atoms with E-state index in [0.717, 1.165) is 36.1 Å². The lowest BCUT2D eigenvalue weighted by Gasteiger charge is -2.24. The first kappa shape index (κ1) is 21.4. The Morgan fingerprint density at radius 3 is 2.48 bits per heavy atom. The van der Waals surface area contributed by atoms with Crippen LogP contribution in [-0.4, -0.2) is 26.8 Å². The minimum Gasteiger partial charge on any atom is -0.354 e. The van der Waals surface area contributed by atoms with Crippen molar-refractivity contribution in [1.82, 2.24) is 4.72 Å². The number of anilines is 1. The van der Waals surface area contributed by atoms with Crippen LogP contribution in [0.1, 0.15) is 49.7 Å². The molecule has 2 aromatic rings. The maximum Gasteiger partial charge on any atom is 0.211 e. The van der Waals surface area contributed by atoms with Gasteiger partial charge in [-0.25, -0.2) is 13.1 Å². The molecular formula is C23H29N3O2S. The Labute approximate surface area is 174 Å². The standard InChI is InChI=1S/C23H29N3O2S/c1-2-17-29(27,28)25-23-10-6-9-22(23)20-11-13-21(14-12-20)26(16-15-24)18-19-7-4-3-5-8-19/h3-5,7-8,11-14,22-23,25H,2,6,9-10,16-18H2,1H3. The summed E-state index contributed by atoms with van der Waals surface area (Å²) in [6.07, 6.45) is 3.52. The molecule has 0 saturated heterocycles. The van der Waals surface area contributed by atoms with E-state index in [2.05, 4.69) is 40.0 Å². The monoisotopic (exact) mass is 411 g/mol. The Bertz CT molecular complexity index is 921. The highest BCUT2D eigenvalue weighted by Crippen LogP contribution is 2.36. The summed E-state index contributed by atoms with van der Waals surface area (Å²) < 4.78 is 27.3. The van der Waals surface area contributed by atoms with E-state index in [-0.39, 0.29) is 17.7 Å². The van der Waals surface area contributed by atoms with Crippen LogP contribution >= 0.6 is 0 Å². The molecule has 1 N–H and O–H groups in total. The second-order valence-electron chi connectivity index (χ2n) is 7.67. The van der Waals surface area contributed by atoms with Gasteiger partial charge in [0, 0.05) is 24.2 Å². The molecule has 0 bridgehead atoms. The van der Waals surface area contributed by atoms with E-state index in [1.165, 1.54) is 0 Å². The van der Waals surface area contributed by atoms with Crippen molar-refractivity contribution in [3.05, 3.63) is 65.7 Å². The summed E-state index contributed by atoms with van der Waals surface area (Å²) in [5.41, 5.74) is 3.32. The maximum atomic E-state index is 12.2. The molecule has 29 heavy (non-hydrogen) atoms. The predicted molar refractivity (Wildman–Crippen MR) is 117 cm³/mol. The zero-order chi connectivity index (χ0) is 20.7. The van der Waals surface area contributed by atoms with Crippen LogP contribution in [-0.2, 0) is 16.6 Å². The van der Waals surface area contributed by atoms with Gasteiger partial charge in [-0.1, -0.05) is 55.8 Å². The third-order valence-corrected chi connectivity index (χ3v) is 7.09. The summed E-state index contributed by atoms with van der Waals surface area (Å²) in [6.45, 7) is 2.88. The van der Waals surface area contributed by atoms with Crippen molar-refractivity contribution < 1.29 is 8.42 Å². The van der Waals surface area contributed by atoms with Gasteiger partial charge in [0.2, 0.25) is 10.0 Å². The second kappa shape index (κ2) is 9.91. The number of hydrogen-bond donors (Lipinski definition) is 1. The minimum absolute atomic E-state index is 0.0306. The van der Waals surface area contributed by atoms with E-state index in [4.69, 9.17) is 0 Å². The summed E-state index contributed by atoms with van der Waals surface area (Å²) in [5, 5.41) is 9.23. The van der Waals surface area contributed by atoms with Gasteiger partial charge in [0.05, 0.1) is 11.8 Å². The SMILES string of the molecule is CCCS(=O)(=O)NC1CCCC1c1ccc(N(CC#N)Cc2ccccc2)cc1.